The highest BCUT2D eigenvalue weighted by Gasteiger charge is 2.14. The van der Waals surface area contributed by atoms with Crippen LogP contribution in [-0.2, 0) is 0 Å². The number of hydrogen-bond acceptors (Lipinski definition) is 2. The van der Waals surface area contributed by atoms with E-state index in [9.17, 15) is 9.18 Å². The van der Waals surface area contributed by atoms with Crippen LogP contribution >= 0.6 is 11.6 Å². The molecule has 0 unspecified atom stereocenters. The number of hydrogen-bond donors (Lipinski definition) is 0. The van der Waals surface area contributed by atoms with Crippen molar-refractivity contribution in [1.29, 1.82) is 0 Å². The molecule has 0 aliphatic carbocycles. The molecular weight excluding hydrogens is 255 g/mol. The summed E-state index contributed by atoms with van der Waals surface area (Å²) in [6, 6.07) is 10.5. The number of carbonyl (C=O) groups excluding carboxylic acids is 1. The molecule has 0 N–H and O–H groups in total. The molecule has 0 amide bonds. The van der Waals surface area contributed by atoms with E-state index in [4.69, 9.17) is 16.3 Å². The number of methoxy groups -OCH3 is 1. The number of rotatable bonds is 3. The second-order valence-electron chi connectivity index (χ2n) is 3.68. The van der Waals surface area contributed by atoms with Gasteiger partial charge in [-0.3, -0.25) is 4.79 Å². The lowest BCUT2D eigenvalue weighted by Gasteiger charge is -2.04. The molecule has 2 aromatic carbocycles. The minimum Gasteiger partial charge on any atom is -0.497 e. The summed E-state index contributed by atoms with van der Waals surface area (Å²) in [7, 11) is 1.54. The van der Waals surface area contributed by atoms with Gasteiger partial charge < -0.3 is 4.74 Å². The Bertz CT molecular complexity index is 579. The van der Waals surface area contributed by atoms with Gasteiger partial charge in [-0.05, 0) is 42.5 Å². The summed E-state index contributed by atoms with van der Waals surface area (Å²) in [5.41, 5.74) is 0.404. The Labute approximate surface area is 109 Å². The molecule has 0 bridgehead atoms. The molecule has 0 saturated carbocycles. The van der Waals surface area contributed by atoms with Gasteiger partial charge in [0.15, 0.2) is 5.78 Å². The average molecular weight is 265 g/mol. The first-order chi connectivity index (χ1) is 8.61. The number of ketones is 1. The smallest absolute Gasteiger partial charge is 0.195 e. The summed E-state index contributed by atoms with van der Waals surface area (Å²) in [6.07, 6.45) is 0. The van der Waals surface area contributed by atoms with Gasteiger partial charge in [-0.2, -0.15) is 0 Å². The van der Waals surface area contributed by atoms with Crippen molar-refractivity contribution in [3.05, 3.63) is 64.4 Å². The second kappa shape index (κ2) is 5.19. The van der Waals surface area contributed by atoms with Gasteiger partial charge in [0.1, 0.15) is 11.6 Å². The molecule has 0 radical (unpaired) electrons. The fourth-order valence-corrected chi connectivity index (χ4v) is 1.73. The molecule has 0 heterocycles. The topological polar surface area (TPSA) is 26.3 Å². The highest BCUT2D eigenvalue weighted by Crippen LogP contribution is 2.19. The largest absolute Gasteiger partial charge is 0.497 e. The molecule has 2 nitrogen and oxygen atoms in total. The van der Waals surface area contributed by atoms with Crippen molar-refractivity contribution in [1.82, 2.24) is 0 Å². The molecule has 0 saturated heterocycles. The van der Waals surface area contributed by atoms with E-state index in [1.165, 1.54) is 19.2 Å². The van der Waals surface area contributed by atoms with E-state index in [0.29, 0.717) is 11.3 Å². The molecule has 2 rings (SSSR count). The maximum Gasteiger partial charge on any atom is 0.195 e. The maximum absolute atomic E-state index is 13.6. The number of carbonyl (C=O) groups is 1. The fraction of sp³-hybridized carbons (Fsp3) is 0.0714. The zero-order chi connectivity index (χ0) is 13.1. The quantitative estimate of drug-likeness (QED) is 0.790. The predicted molar refractivity (Wildman–Crippen MR) is 67.8 cm³/mol. The van der Waals surface area contributed by atoms with Gasteiger partial charge in [-0.25, -0.2) is 4.39 Å². The van der Waals surface area contributed by atoms with Crippen molar-refractivity contribution >= 4 is 17.4 Å². The SMILES string of the molecule is COc1ccc(C(=O)c2ccc(Cl)cc2F)cc1. The van der Waals surface area contributed by atoms with Crippen molar-refractivity contribution in [3.63, 3.8) is 0 Å². The molecule has 92 valence electrons. The van der Waals surface area contributed by atoms with Crippen molar-refractivity contribution in [2.75, 3.05) is 7.11 Å². The molecular formula is C14H10ClFO2. The monoisotopic (exact) mass is 264 g/mol. The van der Waals surface area contributed by atoms with Gasteiger partial charge in [0, 0.05) is 10.6 Å². The van der Waals surface area contributed by atoms with Gasteiger partial charge in [-0.15, -0.1) is 0 Å². The highest BCUT2D eigenvalue weighted by molar-refractivity contribution is 6.30. The van der Waals surface area contributed by atoms with E-state index in [-0.39, 0.29) is 16.4 Å². The van der Waals surface area contributed by atoms with Crippen molar-refractivity contribution in [2.24, 2.45) is 0 Å². The fourth-order valence-electron chi connectivity index (χ4n) is 1.57. The van der Waals surface area contributed by atoms with Crippen LogP contribution in [0.5, 0.6) is 5.75 Å². The van der Waals surface area contributed by atoms with E-state index in [1.54, 1.807) is 24.3 Å². The van der Waals surface area contributed by atoms with Crippen LogP contribution < -0.4 is 4.74 Å². The summed E-state index contributed by atoms with van der Waals surface area (Å²) in [5.74, 6) is -0.363. The summed E-state index contributed by atoms with van der Waals surface area (Å²) in [4.78, 5) is 12.1. The third-order valence-corrected chi connectivity index (χ3v) is 2.76. The molecule has 4 heteroatoms. The first-order valence-corrected chi connectivity index (χ1v) is 5.63. The zero-order valence-electron chi connectivity index (χ0n) is 9.61. The van der Waals surface area contributed by atoms with Crippen LogP contribution in [0.25, 0.3) is 0 Å². The van der Waals surface area contributed by atoms with Gasteiger partial charge in [0.05, 0.1) is 12.7 Å². The van der Waals surface area contributed by atoms with Crippen molar-refractivity contribution in [2.45, 2.75) is 0 Å². The third kappa shape index (κ3) is 2.51. The average Bonchev–Trinajstić information content (AvgIpc) is 2.38. The maximum atomic E-state index is 13.6. The van der Waals surface area contributed by atoms with Crippen LogP contribution in [0.15, 0.2) is 42.5 Å². The Morgan fingerprint density at radius 2 is 1.83 bits per heavy atom. The standard InChI is InChI=1S/C14H10ClFO2/c1-18-11-5-2-9(3-6-11)14(17)12-7-4-10(15)8-13(12)16/h2-8H,1H3. The first kappa shape index (κ1) is 12.6. The minimum absolute atomic E-state index is 0.00423. The Hall–Kier alpha value is -1.87. The van der Waals surface area contributed by atoms with Crippen LogP contribution in [0.4, 0.5) is 4.39 Å². The second-order valence-corrected chi connectivity index (χ2v) is 4.12. The molecule has 0 spiro atoms. The van der Waals surface area contributed by atoms with Crippen LogP contribution in [-0.4, -0.2) is 12.9 Å². The molecule has 0 fully saturated rings. The zero-order valence-corrected chi connectivity index (χ0v) is 10.4. The normalized spacial score (nSPS) is 10.2. The Morgan fingerprint density at radius 1 is 1.17 bits per heavy atom. The Kier molecular flexibility index (Phi) is 3.63. The van der Waals surface area contributed by atoms with E-state index in [2.05, 4.69) is 0 Å². The molecule has 0 aromatic heterocycles. The van der Waals surface area contributed by atoms with Crippen LogP contribution in [0.3, 0.4) is 0 Å². The first-order valence-electron chi connectivity index (χ1n) is 5.25. The summed E-state index contributed by atoms with van der Waals surface area (Å²) in [6.45, 7) is 0. The van der Waals surface area contributed by atoms with Crippen LogP contribution in [0, 0.1) is 5.82 Å². The number of halogens is 2. The molecule has 0 aliphatic rings. The number of benzene rings is 2. The number of ether oxygens (including phenoxy) is 1. The summed E-state index contributed by atoms with van der Waals surface area (Å²) >= 11 is 5.64. The molecule has 0 atom stereocenters. The highest BCUT2D eigenvalue weighted by atomic mass is 35.5. The lowest BCUT2D eigenvalue weighted by molar-refractivity contribution is 0.103. The van der Waals surface area contributed by atoms with E-state index in [1.807, 2.05) is 0 Å². The summed E-state index contributed by atoms with van der Waals surface area (Å²) < 4.78 is 18.6. The summed E-state index contributed by atoms with van der Waals surface area (Å²) in [5, 5.41) is 0.263. The minimum atomic E-state index is -0.622. The molecule has 18 heavy (non-hydrogen) atoms. The predicted octanol–water partition coefficient (Wildman–Crippen LogP) is 3.72. The van der Waals surface area contributed by atoms with Gasteiger partial charge in [-0.1, -0.05) is 11.6 Å². The van der Waals surface area contributed by atoms with E-state index in [0.717, 1.165) is 6.07 Å². The molecule has 2 aromatic rings. The van der Waals surface area contributed by atoms with Crippen LogP contribution in [0.1, 0.15) is 15.9 Å². The van der Waals surface area contributed by atoms with Gasteiger partial charge >= 0.3 is 0 Å². The molecule has 0 aliphatic heterocycles. The Morgan fingerprint density at radius 3 is 2.39 bits per heavy atom. The van der Waals surface area contributed by atoms with Crippen molar-refractivity contribution < 1.29 is 13.9 Å². The lowest BCUT2D eigenvalue weighted by atomic mass is 10.0. The Balaban J connectivity index is 2.35. The lowest BCUT2D eigenvalue weighted by Crippen LogP contribution is -2.04. The van der Waals surface area contributed by atoms with E-state index < -0.39 is 5.82 Å². The van der Waals surface area contributed by atoms with E-state index >= 15 is 0 Å². The van der Waals surface area contributed by atoms with Gasteiger partial charge in [0.25, 0.3) is 0 Å². The van der Waals surface area contributed by atoms with Gasteiger partial charge in [0.2, 0.25) is 0 Å². The third-order valence-electron chi connectivity index (χ3n) is 2.53. The van der Waals surface area contributed by atoms with Crippen LogP contribution in [0.2, 0.25) is 5.02 Å². The van der Waals surface area contributed by atoms with Crippen molar-refractivity contribution in [3.8, 4) is 5.75 Å².